The van der Waals surface area contributed by atoms with Gasteiger partial charge in [0.15, 0.2) is 0 Å². The maximum absolute atomic E-state index is 13.6. The van der Waals surface area contributed by atoms with Gasteiger partial charge in [-0.25, -0.2) is 14.2 Å². The van der Waals surface area contributed by atoms with Crippen molar-refractivity contribution in [3.63, 3.8) is 0 Å². The SMILES string of the molecule is Cc1ccc2c(c1)C(n1c(=O)c(OC(=O)O)cn(-c3ccc4c(c3)sc(=O)n4C)c1=O)CC2. The normalized spacial score (nSPS) is 15.0. The van der Waals surface area contributed by atoms with Crippen molar-refractivity contribution in [2.24, 2.45) is 7.05 Å². The van der Waals surface area contributed by atoms with E-state index in [0.717, 1.165) is 38.8 Å². The molecule has 9 nitrogen and oxygen atoms in total. The summed E-state index contributed by atoms with van der Waals surface area (Å²) in [4.78, 5) is 49.9. The number of hydrogen-bond acceptors (Lipinski definition) is 6. The van der Waals surface area contributed by atoms with E-state index in [-0.39, 0.29) is 4.87 Å². The highest BCUT2D eigenvalue weighted by Gasteiger charge is 2.29. The second-order valence-corrected chi connectivity index (χ2v) is 9.02. The minimum atomic E-state index is -1.65. The quantitative estimate of drug-likeness (QED) is 0.466. The zero-order valence-electron chi connectivity index (χ0n) is 17.8. The molecule has 5 rings (SSSR count). The highest BCUT2D eigenvalue weighted by atomic mass is 32.1. The standard InChI is InChI=1S/C23H19N3O6S/c1-12-3-4-13-5-7-16(15(13)9-12)26-20(27)18(32-23(30)31)11-25(21(26)28)14-6-8-17-19(10-14)33-22(29)24(17)2/h3-4,6,8-11,16H,5,7H2,1-2H3,(H,30,31). The minimum Gasteiger partial charge on any atom is -0.449 e. The molecule has 0 spiro atoms. The van der Waals surface area contributed by atoms with Crippen LogP contribution in [0.15, 0.2) is 57.0 Å². The summed E-state index contributed by atoms with van der Waals surface area (Å²) in [5.41, 5.74) is 2.59. The number of carbonyl (C=O) groups is 1. The third-order valence-corrected chi connectivity index (χ3v) is 6.99. The molecule has 0 aliphatic heterocycles. The second-order valence-electron chi connectivity index (χ2n) is 8.02. The first-order chi connectivity index (χ1) is 15.7. The van der Waals surface area contributed by atoms with E-state index < -0.39 is 29.2 Å². The monoisotopic (exact) mass is 465 g/mol. The molecule has 2 aromatic carbocycles. The Morgan fingerprint density at radius 2 is 1.94 bits per heavy atom. The van der Waals surface area contributed by atoms with Crippen molar-refractivity contribution in [3.8, 4) is 11.4 Å². The predicted molar refractivity (Wildman–Crippen MR) is 123 cm³/mol. The van der Waals surface area contributed by atoms with Gasteiger partial charge in [-0.05, 0) is 49.1 Å². The Hall–Kier alpha value is -3.92. The molecular weight excluding hydrogens is 446 g/mol. The molecule has 0 fully saturated rings. The molecule has 2 heterocycles. The van der Waals surface area contributed by atoms with Gasteiger partial charge in [0.05, 0.1) is 28.1 Å². The Morgan fingerprint density at radius 1 is 1.15 bits per heavy atom. The molecule has 168 valence electrons. The van der Waals surface area contributed by atoms with Crippen molar-refractivity contribution in [3.05, 3.63) is 89.8 Å². The van der Waals surface area contributed by atoms with E-state index in [0.29, 0.717) is 28.7 Å². The molecule has 33 heavy (non-hydrogen) atoms. The summed E-state index contributed by atoms with van der Waals surface area (Å²) in [6, 6.07) is 10.4. The summed E-state index contributed by atoms with van der Waals surface area (Å²) < 4.78 is 9.18. The molecule has 10 heteroatoms. The van der Waals surface area contributed by atoms with Gasteiger partial charge in [-0.3, -0.25) is 14.2 Å². The van der Waals surface area contributed by atoms with Crippen LogP contribution in [0.25, 0.3) is 15.9 Å². The van der Waals surface area contributed by atoms with Crippen LogP contribution >= 0.6 is 11.3 Å². The van der Waals surface area contributed by atoms with Crippen LogP contribution in [0, 0.1) is 6.92 Å². The van der Waals surface area contributed by atoms with Crippen LogP contribution in [0.1, 0.15) is 29.2 Å². The first kappa shape index (κ1) is 21.0. The number of carboxylic acid groups (broad SMARTS) is 1. The molecule has 0 bridgehead atoms. The smallest absolute Gasteiger partial charge is 0.449 e. The Balaban J connectivity index is 1.76. The largest absolute Gasteiger partial charge is 0.511 e. The summed E-state index contributed by atoms with van der Waals surface area (Å²) in [5, 5.41) is 9.15. The van der Waals surface area contributed by atoms with Gasteiger partial charge in [0, 0.05) is 7.05 Å². The van der Waals surface area contributed by atoms with Crippen LogP contribution in [-0.2, 0) is 13.5 Å². The molecule has 1 N–H and O–H groups in total. The lowest BCUT2D eigenvalue weighted by Gasteiger charge is -2.18. The third kappa shape index (κ3) is 3.39. The van der Waals surface area contributed by atoms with E-state index >= 15 is 0 Å². The van der Waals surface area contributed by atoms with E-state index in [1.54, 1.807) is 25.2 Å². The number of benzene rings is 2. The summed E-state index contributed by atoms with van der Waals surface area (Å²) in [7, 11) is 1.66. The molecule has 0 saturated carbocycles. The Morgan fingerprint density at radius 3 is 2.70 bits per heavy atom. The van der Waals surface area contributed by atoms with Crippen LogP contribution in [0.5, 0.6) is 5.75 Å². The van der Waals surface area contributed by atoms with Gasteiger partial charge in [0.25, 0.3) is 5.56 Å². The topological polar surface area (TPSA) is 113 Å². The van der Waals surface area contributed by atoms with Crippen LogP contribution in [-0.4, -0.2) is 25.0 Å². The molecule has 0 radical (unpaired) electrons. The lowest BCUT2D eigenvalue weighted by atomic mass is 10.0. The Labute approximate surface area is 190 Å². The molecular formula is C23H19N3O6S. The van der Waals surface area contributed by atoms with Crippen molar-refractivity contribution in [1.29, 1.82) is 0 Å². The average Bonchev–Trinajstić information content (AvgIpc) is 3.30. The van der Waals surface area contributed by atoms with Gasteiger partial charge in [0.1, 0.15) is 0 Å². The van der Waals surface area contributed by atoms with Gasteiger partial charge in [-0.1, -0.05) is 35.1 Å². The maximum Gasteiger partial charge on any atom is 0.511 e. The highest BCUT2D eigenvalue weighted by Crippen LogP contribution is 2.33. The summed E-state index contributed by atoms with van der Waals surface area (Å²) in [5.74, 6) is -0.468. The first-order valence-electron chi connectivity index (χ1n) is 10.2. The number of aromatic nitrogens is 3. The first-order valence-corrected chi connectivity index (χ1v) is 11.0. The van der Waals surface area contributed by atoms with Gasteiger partial charge >= 0.3 is 16.7 Å². The predicted octanol–water partition coefficient (Wildman–Crippen LogP) is 2.81. The van der Waals surface area contributed by atoms with Gasteiger partial charge in [0.2, 0.25) is 5.75 Å². The minimum absolute atomic E-state index is 0.146. The lowest BCUT2D eigenvalue weighted by molar-refractivity contribution is 0.143. The molecule has 4 aromatic rings. The zero-order chi connectivity index (χ0) is 23.4. The maximum atomic E-state index is 13.6. The van der Waals surface area contributed by atoms with Gasteiger partial charge in [-0.2, -0.15) is 0 Å². The molecule has 0 amide bonds. The van der Waals surface area contributed by atoms with Gasteiger partial charge in [-0.15, -0.1) is 0 Å². The fraction of sp³-hybridized carbons (Fsp3) is 0.217. The lowest BCUT2D eigenvalue weighted by Crippen LogP contribution is -2.42. The van der Waals surface area contributed by atoms with Crippen LogP contribution < -0.4 is 20.9 Å². The Bertz CT molecular complexity index is 1620. The zero-order valence-corrected chi connectivity index (χ0v) is 18.6. The molecule has 0 saturated heterocycles. The molecule has 1 unspecified atom stereocenters. The number of fused-ring (bicyclic) bond motifs is 2. The molecule has 1 aliphatic carbocycles. The van der Waals surface area contributed by atoms with Crippen molar-refractivity contribution in [2.75, 3.05) is 0 Å². The third-order valence-electron chi connectivity index (χ3n) is 6.00. The van der Waals surface area contributed by atoms with E-state index in [2.05, 4.69) is 0 Å². The number of thiazole rings is 1. The molecule has 2 aromatic heterocycles. The number of hydrogen-bond donors (Lipinski definition) is 1. The van der Waals surface area contributed by atoms with Crippen LogP contribution in [0.4, 0.5) is 4.79 Å². The summed E-state index contributed by atoms with van der Waals surface area (Å²) >= 11 is 1.03. The van der Waals surface area contributed by atoms with Crippen molar-refractivity contribution >= 4 is 27.7 Å². The van der Waals surface area contributed by atoms with E-state index in [4.69, 9.17) is 9.84 Å². The Kier molecular flexibility index (Phi) is 4.82. The summed E-state index contributed by atoms with van der Waals surface area (Å²) in [6.45, 7) is 1.93. The molecule has 1 aliphatic rings. The van der Waals surface area contributed by atoms with Crippen molar-refractivity contribution in [2.45, 2.75) is 25.8 Å². The fourth-order valence-corrected chi connectivity index (χ4v) is 5.33. The van der Waals surface area contributed by atoms with Gasteiger partial charge < -0.3 is 14.4 Å². The van der Waals surface area contributed by atoms with E-state index in [1.165, 1.54) is 9.13 Å². The number of ether oxygens (including phenoxy) is 1. The van der Waals surface area contributed by atoms with E-state index in [9.17, 15) is 19.2 Å². The summed E-state index contributed by atoms with van der Waals surface area (Å²) in [6.07, 6.45) is 0.668. The van der Waals surface area contributed by atoms with Crippen molar-refractivity contribution in [1.82, 2.24) is 13.7 Å². The van der Waals surface area contributed by atoms with Crippen LogP contribution in [0.3, 0.4) is 0 Å². The average molecular weight is 465 g/mol. The number of aryl methyl sites for hydroxylation is 3. The fourth-order valence-electron chi connectivity index (χ4n) is 4.41. The number of rotatable bonds is 3. The van der Waals surface area contributed by atoms with E-state index in [1.807, 2.05) is 25.1 Å². The van der Waals surface area contributed by atoms with Crippen LogP contribution in [0.2, 0.25) is 0 Å². The van der Waals surface area contributed by atoms with Crippen molar-refractivity contribution < 1.29 is 14.6 Å². The highest BCUT2D eigenvalue weighted by molar-refractivity contribution is 7.16. The molecule has 1 atom stereocenters. The number of nitrogens with zero attached hydrogens (tertiary/aromatic N) is 3. The second kappa shape index (κ2) is 7.59.